The van der Waals surface area contributed by atoms with Crippen molar-refractivity contribution in [2.75, 3.05) is 0 Å². The molecule has 0 radical (unpaired) electrons. The minimum atomic E-state index is -1.63. The van der Waals surface area contributed by atoms with Gasteiger partial charge in [0.05, 0.1) is 5.39 Å². The van der Waals surface area contributed by atoms with E-state index in [-0.39, 0.29) is 11.0 Å². The van der Waals surface area contributed by atoms with Crippen molar-refractivity contribution in [3.8, 4) is 0 Å². The lowest BCUT2D eigenvalue weighted by Crippen LogP contribution is -2.16. The third-order valence-corrected chi connectivity index (χ3v) is 1.96. The number of halogens is 1. The highest BCUT2D eigenvalue weighted by Gasteiger charge is 2.20. The molecular formula is C10H5FO4. The lowest BCUT2D eigenvalue weighted by Gasteiger charge is -1.99. The van der Waals surface area contributed by atoms with Crippen LogP contribution in [0.15, 0.2) is 33.5 Å². The minimum absolute atomic E-state index is 0.0190. The van der Waals surface area contributed by atoms with Crippen LogP contribution >= 0.6 is 0 Å². The third kappa shape index (κ3) is 1.38. The molecule has 0 bridgehead atoms. The van der Waals surface area contributed by atoms with Crippen molar-refractivity contribution < 1.29 is 18.7 Å². The molecular weight excluding hydrogens is 203 g/mol. The van der Waals surface area contributed by atoms with E-state index in [4.69, 9.17) is 5.11 Å². The van der Waals surface area contributed by atoms with Gasteiger partial charge >= 0.3 is 11.6 Å². The second-order valence-corrected chi connectivity index (χ2v) is 2.88. The lowest BCUT2D eigenvalue weighted by atomic mass is 10.1. The summed E-state index contributed by atoms with van der Waals surface area (Å²) < 4.78 is 18.2. The SMILES string of the molecule is O=C(O)c1c(F)c2ccccc2oc1=O. The van der Waals surface area contributed by atoms with Gasteiger partial charge in [-0.1, -0.05) is 12.1 Å². The van der Waals surface area contributed by atoms with Gasteiger partial charge in [-0.05, 0) is 12.1 Å². The van der Waals surface area contributed by atoms with Crippen LogP contribution in [0.4, 0.5) is 4.39 Å². The fraction of sp³-hybridized carbons (Fsp3) is 0. The molecule has 1 heterocycles. The summed E-state index contributed by atoms with van der Waals surface area (Å²) in [6, 6.07) is 5.83. The first kappa shape index (κ1) is 9.39. The second kappa shape index (κ2) is 3.20. The molecule has 76 valence electrons. The predicted octanol–water partition coefficient (Wildman–Crippen LogP) is 1.63. The highest BCUT2D eigenvalue weighted by atomic mass is 19.1. The number of para-hydroxylation sites is 1. The standard InChI is InChI=1S/C10H5FO4/c11-8-5-3-1-2-4-6(5)15-10(14)7(8)9(12)13/h1-4H,(H,12,13). The van der Waals surface area contributed by atoms with Crippen LogP contribution in [0.2, 0.25) is 0 Å². The van der Waals surface area contributed by atoms with Crippen molar-refractivity contribution in [3.05, 3.63) is 46.1 Å². The third-order valence-electron chi connectivity index (χ3n) is 1.96. The summed E-state index contributed by atoms with van der Waals surface area (Å²) >= 11 is 0. The van der Waals surface area contributed by atoms with Crippen molar-refractivity contribution in [2.45, 2.75) is 0 Å². The van der Waals surface area contributed by atoms with Crippen LogP contribution in [-0.4, -0.2) is 11.1 Å². The van der Waals surface area contributed by atoms with Crippen molar-refractivity contribution in [2.24, 2.45) is 0 Å². The topological polar surface area (TPSA) is 67.5 Å². The van der Waals surface area contributed by atoms with Crippen LogP contribution in [0.5, 0.6) is 0 Å². The van der Waals surface area contributed by atoms with Gasteiger partial charge in [0.15, 0.2) is 11.4 Å². The zero-order valence-electron chi connectivity index (χ0n) is 7.36. The molecule has 2 aromatic rings. The maximum absolute atomic E-state index is 13.5. The monoisotopic (exact) mass is 208 g/mol. The maximum Gasteiger partial charge on any atom is 0.354 e. The molecule has 1 aromatic heterocycles. The molecule has 0 saturated heterocycles. The molecule has 0 spiro atoms. The summed E-state index contributed by atoms with van der Waals surface area (Å²) in [4.78, 5) is 21.7. The zero-order valence-corrected chi connectivity index (χ0v) is 7.36. The van der Waals surface area contributed by atoms with E-state index in [0.29, 0.717) is 0 Å². The largest absolute Gasteiger partial charge is 0.477 e. The lowest BCUT2D eigenvalue weighted by molar-refractivity contribution is 0.0687. The summed E-state index contributed by atoms with van der Waals surface area (Å²) in [6.45, 7) is 0. The highest BCUT2D eigenvalue weighted by molar-refractivity contribution is 5.92. The Balaban J connectivity index is 2.97. The average molecular weight is 208 g/mol. The molecule has 1 N–H and O–H groups in total. The van der Waals surface area contributed by atoms with Gasteiger partial charge in [0, 0.05) is 0 Å². The van der Waals surface area contributed by atoms with Gasteiger partial charge in [-0.15, -0.1) is 0 Å². The number of carboxylic acid groups (broad SMARTS) is 1. The first-order chi connectivity index (χ1) is 7.11. The van der Waals surface area contributed by atoms with Gasteiger partial charge in [-0.2, -0.15) is 0 Å². The van der Waals surface area contributed by atoms with Gasteiger partial charge in [-0.25, -0.2) is 14.0 Å². The average Bonchev–Trinajstić information content (AvgIpc) is 2.17. The Morgan fingerprint density at radius 2 is 2.00 bits per heavy atom. The van der Waals surface area contributed by atoms with Crippen LogP contribution in [0, 0.1) is 5.82 Å². The number of fused-ring (bicyclic) bond motifs is 1. The molecule has 5 heteroatoms. The van der Waals surface area contributed by atoms with Gasteiger partial charge in [0.2, 0.25) is 0 Å². The van der Waals surface area contributed by atoms with E-state index in [1.54, 1.807) is 6.07 Å². The first-order valence-corrected chi connectivity index (χ1v) is 4.06. The number of carboxylic acids is 1. The van der Waals surface area contributed by atoms with E-state index in [0.717, 1.165) is 0 Å². The predicted molar refractivity (Wildman–Crippen MR) is 49.4 cm³/mol. The summed E-state index contributed by atoms with van der Waals surface area (Å²) in [5, 5.41) is 8.59. The van der Waals surface area contributed by atoms with E-state index >= 15 is 0 Å². The molecule has 0 atom stereocenters. The molecule has 0 fully saturated rings. The Hall–Kier alpha value is -2.17. The van der Waals surface area contributed by atoms with Crippen molar-refractivity contribution in [1.29, 1.82) is 0 Å². The smallest absolute Gasteiger partial charge is 0.354 e. The number of carbonyl (C=O) groups is 1. The summed E-state index contributed by atoms with van der Waals surface area (Å²) in [5.41, 5.74) is -2.11. The molecule has 0 saturated carbocycles. The van der Waals surface area contributed by atoms with Crippen LogP contribution in [-0.2, 0) is 0 Å². The number of aromatic carboxylic acids is 1. The van der Waals surface area contributed by atoms with E-state index in [1.165, 1.54) is 18.2 Å². The highest BCUT2D eigenvalue weighted by Crippen LogP contribution is 2.17. The van der Waals surface area contributed by atoms with Gasteiger partial charge in [0.1, 0.15) is 5.58 Å². The van der Waals surface area contributed by atoms with Crippen LogP contribution in [0.3, 0.4) is 0 Å². The minimum Gasteiger partial charge on any atom is -0.477 e. The van der Waals surface area contributed by atoms with Crippen LogP contribution in [0.25, 0.3) is 11.0 Å². The fourth-order valence-corrected chi connectivity index (χ4v) is 1.29. The van der Waals surface area contributed by atoms with E-state index in [9.17, 15) is 14.0 Å². The normalized spacial score (nSPS) is 10.5. The maximum atomic E-state index is 13.5. The Morgan fingerprint density at radius 3 is 2.67 bits per heavy atom. The number of hydrogen-bond acceptors (Lipinski definition) is 3. The van der Waals surface area contributed by atoms with E-state index in [1.807, 2.05) is 0 Å². The zero-order chi connectivity index (χ0) is 11.0. The first-order valence-electron chi connectivity index (χ1n) is 4.06. The van der Waals surface area contributed by atoms with Crippen molar-refractivity contribution in [3.63, 3.8) is 0 Å². The number of benzene rings is 1. The van der Waals surface area contributed by atoms with Gasteiger partial charge < -0.3 is 9.52 Å². The van der Waals surface area contributed by atoms with E-state index in [2.05, 4.69) is 4.42 Å². The molecule has 0 unspecified atom stereocenters. The fourth-order valence-electron chi connectivity index (χ4n) is 1.29. The number of hydrogen-bond donors (Lipinski definition) is 1. The molecule has 0 aliphatic heterocycles. The molecule has 1 aromatic carbocycles. The van der Waals surface area contributed by atoms with Crippen molar-refractivity contribution >= 4 is 16.9 Å². The molecule has 4 nitrogen and oxygen atoms in total. The molecule has 0 aliphatic carbocycles. The summed E-state index contributed by atoms with van der Waals surface area (Å²) in [6.07, 6.45) is 0. The second-order valence-electron chi connectivity index (χ2n) is 2.88. The van der Waals surface area contributed by atoms with Gasteiger partial charge in [0.25, 0.3) is 0 Å². The Kier molecular flexibility index (Phi) is 2.00. The van der Waals surface area contributed by atoms with Crippen LogP contribution < -0.4 is 5.63 Å². The molecule has 0 amide bonds. The molecule has 15 heavy (non-hydrogen) atoms. The molecule has 2 rings (SSSR count). The summed E-state index contributed by atoms with van der Waals surface area (Å²) in [7, 11) is 0. The Labute approximate surface area is 82.6 Å². The Bertz CT molecular complexity index is 600. The number of rotatable bonds is 1. The van der Waals surface area contributed by atoms with Gasteiger partial charge in [-0.3, -0.25) is 0 Å². The summed E-state index contributed by atoms with van der Waals surface area (Å²) in [5.74, 6) is -2.69. The van der Waals surface area contributed by atoms with E-state index < -0.39 is 23.0 Å². The Morgan fingerprint density at radius 1 is 1.33 bits per heavy atom. The quantitative estimate of drug-likeness (QED) is 0.723. The van der Waals surface area contributed by atoms with Crippen LogP contribution in [0.1, 0.15) is 10.4 Å². The molecule has 0 aliphatic rings. The van der Waals surface area contributed by atoms with Crippen molar-refractivity contribution in [1.82, 2.24) is 0 Å².